The van der Waals surface area contributed by atoms with E-state index in [-0.39, 0.29) is 23.6 Å². The molecule has 0 unspecified atom stereocenters. The highest BCUT2D eigenvalue weighted by molar-refractivity contribution is 5.77. The molecular formula is C24H34N6O2. The Kier molecular flexibility index (Phi) is 6.13. The number of carbonyl (C=O) groups is 1. The van der Waals surface area contributed by atoms with Crippen molar-refractivity contribution in [1.82, 2.24) is 29.5 Å². The van der Waals surface area contributed by atoms with Gasteiger partial charge in [0, 0.05) is 50.1 Å². The van der Waals surface area contributed by atoms with Gasteiger partial charge in [-0.25, -0.2) is 4.98 Å². The molecule has 0 bridgehead atoms. The number of hydrogen-bond donors (Lipinski definition) is 1. The van der Waals surface area contributed by atoms with Gasteiger partial charge in [-0.15, -0.1) is 0 Å². The third-order valence-corrected chi connectivity index (χ3v) is 7.55. The number of fused-ring (bicyclic) bond motifs is 1. The molecule has 2 aromatic rings. The van der Waals surface area contributed by atoms with Crippen LogP contribution in [0.2, 0.25) is 0 Å². The smallest absolute Gasteiger partial charge is 0.254 e. The number of nitrogens with zero attached hydrogens (tertiary/aromatic N) is 5. The lowest BCUT2D eigenvalue weighted by atomic mass is 9.99. The Morgan fingerprint density at radius 1 is 1.19 bits per heavy atom. The molecule has 4 heterocycles. The van der Waals surface area contributed by atoms with Crippen molar-refractivity contribution in [2.75, 3.05) is 13.1 Å². The molecule has 1 saturated carbocycles. The monoisotopic (exact) mass is 438 g/mol. The topological polar surface area (TPSA) is 87.1 Å². The lowest BCUT2D eigenvalue weighted by molar-refractivity contribution is -0.136. The molecule has 0 aromatic carbocycles. The molecule has 1 N–H and O–H groups in total. The van der Waals surface area contributed by atoms with Crippen molar-refractivity contribution in [1.29, 1.82) is 0 Å². The normalized spacial score (nSPS) is 23.3. The summed E-state index contributed by atoms with van der Waals surface area (Å²) < 4.78 is 1.83. The van der Waals surface area contributed by atoms with E-state index in [2.05, 4.69) is 15.0 Å². The van der Waals surface area contributed by atoms with E-state index in [1.54, 1.807) is 6.20 Å². The number of carbonyl (C=O) groups excluding carboxylic acids is 1. The van der Waals surface area contributed by atoms with Crippen LogP contribution in [0.5, 0.6) is 0 Å². The molecule has 3 aliphatic rings. The van der Waals surface area contributed by atoms with E-state index >= 15 is 0 Å². The van der Waals surface area contributed by atoms with E-state index < -0.39 is 0 Å². The molecule has 2 fully saturated rings. The van der Waals surface area contributed by atoms with Crippen LogP contribution in [0.25, 0.3) is 0 Å². The van der Waals surface area contributed by atoms with Crippen LogP contribution < -0.4 is 5.56 Å². The van der Waals surface area contributed by atoms with Gasteiger partial charge in [-0.2, -0.15) is 5.10 Å². The first-order valence-corrected chi connectivity index (χ1v) is 12.2. The van der Waals surface area contributed by atoms with Crippen molar-refractivity contribution < 1.29 is 4.79 Å². The van der Waals surface area contributed by atoms with Crippen molar-refractivity contribution in [3.63, 3.8) is 0 Å². The number of nitrogens with one attached hydrogen (secondary N) is 1. The van der Waals surface area contributed by atoms with Crippen LogP contribution in [0.4, 0.5) is 0 Å². The molecule has 1 amide bonds. The van der Waals surface area contributed by atoms with Crippen LogP contribution >= 0.6 is 0 Å². The first-order chi connectivity index (χ1) is 15.6. The summed E-state index contributed by atoms with van der Waals surface area (Å²) in [6, 6.07) is 2.35. The fourth-order valence-corrected chi connectivity index (χ4v) is 5.74. The van der Waals surface area contributed by atoms with E-state index in [0.29, 0.717) is 24.8 Å². The summed E-state index contributed by atoms with van der Waals surface area (Å²) in [7, 11) is 0. The second-order valence-corrected chi connectivity index (χ2v) is 9.67. The minimum Gasteiger partial charge on any atom is -0.332 e. The van der Waals surface area contributed by atoms with Gasteiger partial charge < -0.3 is 9.88 Å². The largest absolute Gasteiger partial charge is 0.332 e. The van der Waals surface area contributed by atoms with Gasteiger partial charge in [-0.05, 0) is 51.5 Å². The zero-order chi connectivity index (χ0) is 22.1. The van der Waals surface area contributed by atoms with Gasteiger partial charge in [0.1, 0.15) is 5.82 Å². The van der Waals surface area contributed by atoms with Gasteiger partial charge in [-0.1, -0.05) is 12.8 Å². The maximum atomic E-state index is 13.2. The summed E-state index contributed by atoms with van der Waals surface area (Å²) in [5.74, 6) is 0.771. The average Bonchev–Trinajstić information content (AvgIpc) is 3.53. The number of aromatic amines is 1. The Balaban J connectivity index is 1.36. The Hall–Kier alpha value is -2.48. The summed E-state index contributed by atoms with van der Waals surface area (Å²) in [6.07, 6.45) is 12.8. The molecule has 2 aromatic heterocycles. The number of aromatic nitrogens is 4. The summed E-state index contributed by atoms with van der Waals surface area (Å²) in [4.78, 5) is 38.7. The Morgan fingerprint density at radius 3 is 2.78 bits per heavy atom. The number of amides is 1. The highest BCUT2D eigenvalue weighted by atomic mass is 16.2. The van der Waals surface area contributed by atoms with E-state index in [9.17, 15) is 9.59 Å². The minimum absolute atomic E-state index is 0.00409. The zero-order valence-corrected chi connectivity index (χ0v) is 19.0. The van der Waals surface area contributed by atoms with Crippen molar-refractivity contribution in [2.45, 2.75) is 89.4 Å². The molecule has 8 heteroatoms. The van der Waals surface area contributed by atoms with E-state index in [0.717, 1.165) is 50.0 Å². The Morgan fingerprint density at radius 2 is 2.00 bits per heavy atom. The molecule has 172 valence electrons. The third-order valence-electron chi connectivity index (χ3n) is 7.55. The lowest BCUT2D eigenvalue weighted by Crippen LogP contribution is -2.43. The second-order valence-electron chi connectivity index (χ2n) is 9.67. The molecule has 2 atom stereocenters. The molecular weight excluding hydrogens is 404 g/mol. The maximum absolute atomic E-state index is 13.2. The molecule has 2 aliphatic heterocycles. The number of likely N-dealkylation sites (tertiary alicyclic amines) is 1. The van der Waals surface area contributed by atoms with Crippen LogP contribution in [0.15, 0.2) is 23.3 Å². The number of H-pyrrole nitrogens is 1. The van der Waals surface area contributed by atoms with Crippen LogP contribution in [-0.4, -0.2) is 54.6 Å². The van der Waals surface area contributed by atoms with Gasteiger partial charge in [0.05, 0.1) is 17.8 Å². The molecule has 0 spiro atoms. The molecule has 8 nitrogen and oxygen atoms in total. The van der Waals surface area contributed by atoms with Crippen molar-refractivity contribution in [3.8, 4) is 0 Å². The summed E-state index contributed by atoms with van der Waals surface area (Å²) in [5.41, 5.74) is 1.74. The molecule has 5 rings (SSSR count). The maximum Gasteiger partial charge on any atom is 0.254 e. The highest BCUT2D eigenvalue weighted by Crippen LogP contribution is 2.32. The summed E-state index contributed by atoms with van der Waals surface area (Å²) in [5, 5.41) is 4.27. The fourth-order valence-electron chi connectivity index (χ4n) is 5.74. The van der Waals surface area contributed by atoms with Gasteiger partial charge in [0.15, 0.2) is 0 Å². The minimum atomic E-state index is -0.152. The highest BCUT2D eigenvalue weighted by Gasteiger charge is 2.33. The average molecular weight is 439 g/mol. The SMILES string of the molecule is C[C@@H](CC(=O)N1CCCC[C@@H]1c1nc2c(c(=O)[nH]1)CCN(C1CCCC1)C2)n1cccn1. The zero-order valence-electron chi connectivity index (χ0n) is 19.0. The number of piperidine rings is 1. The van der Waals surface area contributed by atoms with E-state index in [1.807, 2.05) is 28.8 Å². The predicted molar refractivity (Wildman–Crippen MR) is 121 cm³/mol. The lowest BCUT2D eigenvalue weighted by Gasteiger charge is -2.37. The van der Waals surface area contributed by atoms with Gasteiger partial charge >= 0.3 is 0 Å². The number of hydrogen-bond acceptors (Lipinski definition) is 5. The van der Waals surface area contributed by atoms with Crippen LogP contribution in [0, 0.1) is 0 Å². The Labute approximate surface area is 189 Å². The summed E-state index contributed by atoms with van der Waals surface area (Å²) >= 11 is 0. The standard InChI is InChI=1S/C24H34N6O2/c1-17(30-13-6-11-25-30)15-22(31)29-12-5-4-9-21(29)23-26-20-16-28(18-7-2-3-8-18)14-10-19(20)24(32)27-23/h6,11,13,17-18,21H,2-5,7-10,12,14-16H2,1H3,(H,26,27,32)/t17-,21+/m0/s1. The number of rotatable bonds is 5. The molecule has 1 aliphatic carbocycles. The molecule has 0 radical (unpaired) electrons. The van der Waals surface area contributed by atoms with E-state index in [4.69, 9.17) is 4.98 Å². The quantitative estimate of drug-likeness (QED) is 0.776. The first kappa shape index (κ1) is 21.4. The second kappa shape index (κ2) is 9.17. The van der Waals surface area contributed by atoms with Crippen molar-refractivity contribution in [2.24, 2.45) is 0 Å². The van der Waals surface area contributed by atoms with Crippen LogP contribution in [0.1, 0.15) is 87.5 Å². The first-order valence-electron chi connectivity index (χ1n) is 12.2. The third kappa shape index (κ3) is 4.25. The van der Waals surface area contributed by atoms with Crippen LogP contribution in [-0.2, 0) is 17.8 Å². The van der Waals surface area contributed by atoms with Gasteiger partial charge in [0.2, 0.25) is 5.91 Å². The summed E-state index contributed by atoms with van der Waals surface area (Å²) in [6.45, 7) is 4.43. The van der Waals surface area contributed by atoms with Gasteiger partial charge in [-0.3, -0.25) is 19.2 Å². The Bertz CT molecular complexity index is 994. The van der Waals surface area contributed by atoms with Crippen molar-refractivity contribution in [3.05, 3.63) is 45.9 Å². The van der Waals surface area contributed by atoms with Gasteiger partial charge in [0.25, 0.3) is 5.56 Å². The predicted octanol–water partition coefficient (Wildman–Crippen LogP) is 2.97. The fraction of sp³-hybridized carbons (Fsp3) is 0.667. The van der Waals surface area contributed by atoms with Crippen molar-refractivity contribution >= 4 is 5.91 Å². The van der Waals surface area contributed by atoms with Crippen LogP contribution in [0.3, 0.4) is 0 Å². The molecule has 1 saturated heterocycles. The van der Waals surface area contributed by atoms with E-state index in [1.165, 1.54) is 25.7 Å². The molecule has 32 heavy (non-hydrogen) atoms.